The maximum atomic E-state index is 5.23. The Labute approximate surface area is 107 Å². The molecular formula is C14H30N2O. The Morgan fingerprint density at radius 2 is 2.18 bits per heavy atom. The molecule has 0 amide bonds. The van der Waals surface area contributed by atoms with Crippen LogP contribution in [-0.2, 0) is 4.74 Å². The van der Waals surface area contributed by atoms with Gasteiger partial charge in [-0.15, -0.1) is 0 Å². The molecule has 2 unspecified atom stereocenters. The lowest BCUT2D eigenvalue weighted by atomic mass is 9.90. The monoisotopic (exact) mass is 242 g/mol. The zero-order chi connectivity index (χ0) is 12.7. The van der Waals surface area contributed by atoms with Crippen LogP contribution < -0.4 is 5.32 Å². The Morgan fingerprint density at radius 3 is 2.71 bits per heavy atom. The Hall–Kier alpha value is -0.120. The molecule has 1 rings (SSSR count). The van der Waals surface area contributed by atoms with Gasteiger partial charge in [0, 0.05) is 31.8 Å². The largest absolute Gasteiger partial charge is 0.383 e. The van der Waals surface area contributed by atoms with Crippen LogP contribution >= 0.6 is 0 Å². The van der Waals surface area contributed by atoms with Crippen LogP contribution in [0.3, 0.4) is 0 Å². The first-order valence-electron chi connectivity index (χ1n) is 7.09. The summed E-state index contributed by atoms with van der Waals surface area (Å²) in [6.07, 6.45) is 5.20. The van der Waals surface area contributed by atoms with Crippen molar-refractivity contribution in [1.82, 2.24) is 10.2 Å². The van der Waals surface area contributed by atoms with Crippen molar-refractivity contribution in [1.29, 1.82) is 0 Å². The number of hydrogen-bond donors (Lipinski definition) is 1. The molecule has 0 saturated carbocycles. The third-order valence-corrected chi connectivity index (χ3v) is 4.06. The molecule has 2 atom stereocenters. The predicted octanol–water partition coefficient (Wildman–Crippen LogP) is 2.27. The van der Waals surface area contributed by atoms with E-state index in [0.29, 0.717) is 11.6 Å². The van der Waals surface area contributed by atoms with Crippen molar-refractivity contribution < 1.29 is 4.74 Å². The normalized spacial score (nSPS) is 27.4. The average Bonchev–Trinajstić information content (AvgIpc) is 2.34. The molecule has 0 aliphatic carbocycles. The second-order valence-corrected chi connectivity index (χ2v) is 5.67. The average molecular weight is 242 g/mol. The van der Waals surface area contributed by atoms with Crippen LogP contribution in [0, 0.1) is 0 Å². The first kappa shape index (κ1) is 14.9. The van der Waals surface area contributed by atoms with Gasteiger partial charge in [-0.1, -0.05) is 13.3 Å². The standard InChI is InChI=1S/C14H30N2O/c1-5-13(2)16(10-11-17-4)12-14(3)8-6-7-9-15-14/h13,15H,5-12H2,1-4H3. The molecule has 1 aliphatic heterocycles. The highest BCUT2D eigenvalue weighted by atomic mass is 16.5. The molecule has 1 N–H and O–H groups in total. The van der Waals surface area contributed by atoms with Crippen LogP contribution in [-0.4, -0.2) is 49.8 Å². The number of nitrogens with zero attached hydrogens (tertiary/aromatic N) is 1. The van der Waals surface area contributed by atoms with E-state index in [0.717, 1.165) is 19.7 Å². The minimum atomic E-state index is 0.301. The Kier molecular flexibility index (Phi) is 6.45. The summed E-state index contributed by atoms with van der Waals surface area (Å²) in [5, 5.41) is 3.70. The van der Waals surface area contributed by atoms with Crippen molar-refractivity contribution in [2.75, 3.05) is 33.4 Å². The lowest BCUT2D eigenvalue weighted by molar-refractivity contribution is 0.0884. The van der Waals surface area contributed by atoms with E-state index in [2.05, 4.69) is 31.0 Å². The molecule has 0 spiro atoms. The fraction of sp³-hybridized carbons (Fsp3) is 1.00. The quantitative estimate of drug-likeness (QED) is 0.741. The maximum absolute atomic E-state index is 5.23. The molecule has 0 aromatic carbocycles. The first-order chi connectivity index (χ1) is 8.11. The first-order valence-corrected chi connectivity index (χ1v) is 7.09. The second-order valence-electron chi connectivity index (χ2n) is 5.67. The molecule has 0 aromatic rings. The summed E-state index contributed by atoms with van der Waals surface area (Å²) in [4.78, 5) is 2.57. The van der Waals surface area contributed by atoms with E-state index in [1.165, 1.54) is 32.2 Å². The van der Waals surface area contributed by atoms with E-state index >= 15 is 0 Å². The van der Waals surface area contributed by atoms with Crippen molar-refractivity contribution in [2.45, 2.75) is 58.0 Å². The van der Waals surface area contributed by atoms with Crippen molar-refractivity contribution >= 4 is 0 Å². The van der Waals surface area contributed by atoms with Gasteiger partial charge >= 0.3 is 0 Å². The molecule has 1 saturated heterocycles. The fourth-order valence-electron chi connectivity index (χ4n) is 2.62. The number of ether oxygens (including phenoxy) is 1. The molecule has 1 fully saturated rings. The van der Waals surface area contributed by atoms with E-state index in [9.17, 15) is 0 Å². The van der Waals surface area contributed by atoms with Gasteiger partial charge in [0.15, 0.2) is 0 Å². The molecule has 3 nitrogen and oxygen atoms in total. The predicted molar refractivity (Wildman–Crippen MR) is 73.5 cm³/mol. The van der Waals surface area contributed by atoms with Gasteiger partial charge in [0.05, 0.1) is 6.61 Å². The molecule has 0 radical (unpaired) electrons. The van der Waals surface area contributed by atoms with Gasteiger partial charge in [-0.2, -0.15) is 0 Å². The van der Waals surface area contributed by atoms with Crippen LogP contribution in [0.4, 0.5) is 0 Å². The van der Waals surface area contributed by atoms with Crippen LogP contribution in [0.2, 0.25) is 0 Å². The number of piperidine rings is 1. The highest BCUT2D eigenvalue weighted by molar-refractivity contribution is 4.90. The van der Waals surface area contributed by atoms with Crippen molar-refractivity contribution in [3.63, 3.8) is 0 Å². The zero-order valence-corrected chi connectivity index (χ0v) is 12.1. The summed E-state index contributed by atoms with van der Waals surface area (Å²) in [6.45, 7) is 11.2. The molecule has 17 heavy (non-hydrogen) atoms. The molecule has 0 bridgehead atoms. The zero-order valence-electron chi connectivity index (χ0n) is 12.1. The summed E-state index contributed by atoms with van der Waals surface area (Å²) in [6, 6.07) is 0.644. The molecule has 1 heterocycles. The van der Waals surface area contributed by atoms with Crippen molar-refractivity contribution in [3.05, 3.63) is 0 Å². The number of rotatable bonds is 7. The topological polar surface area (TPSA) is 24.5 Å². The Morgan fingerprint density at radius 1 is 1.41 bits per heavy atom. The van der Waals surface area contributed by atoms with Gasteiger partial charge < -0.3 is 10.1 Å². The molecule has 3 heteroatoms. The highest BCUT2D eigenvalue weighted by Gasteiger charge is 2.29. The van der Waals surface area contributed by atoms with Gasteiger partial charge in [-0.25, -0.2) is 0 Å². The van der Waals surface area contributed by atoms with E-state index in [1.807, 2.05) is 0 Å². The third-order valence-electron chi connectivity index (χ3n) is 4.06. The molecule has 0 aromatic heterocycles. The SMILES string of the molecule is CCC(C)N(CCOC)CC1(C)CCCCN1. The third kappa shape index (κ3) is 4.94. The van der Waals surface area contributed by atoms with Gasteiger partial charge in [-0.05, 0) is 39.7 Å². The van der Waals surface area contributed by atoms with E-state index in [4.69, 9.17) is 4.74 Å². The summed E-state index contributed by atoms with van der Waals surface area (Å²) >= 11 is 0. The summed E-state index contributed by atoms with van der Waals surface area (Å²) in [5.74, 6) is 0. The summed E-state index contributed by atoms with van der Waals surface area (Å²) in [7, 11) is 1.79. The molecule has 1 aliphatic rings. The summed E-state index contributed by atoms with van der Waals surface area (Å²) < 4.78 is 5.23. The summed E-state index contributed by atoms with van der Waals surface area (Å²) in [5.41, 5.74) is 0.301. The Bertz CT molecular complexity index is 202. The van der Waals surface area contributed by atoms with E-state index in [1.54, 1.807) is 7.11 Å². The van der Waals surface area contributed by atoms with Crippen molar-refractivity contribution in [2.24, 2.45) is 0 Å². The minimum Gasteiger partial charge on any atom is -0.383 e. The van der Waals surface area contributed by atoms with Gasteiger partial charge in [0.1, 0.15) is 0 Å². The smallest absolute Gasteiger partial charge is 0.0589 e. The Balaban J connectivity index is 2.50. The van der Waals surface area contributed by atoms with Gasteiger partial charge in [-0.3, -0.25) is 4.90 Å². The second kappa shape index (κ2) is 7.34. The number of methoxy groups -OCH3 is 1. The maximum Gasteiger partial charge on any atom is 0.0589 e. The van der Waals surface area contributed by atoms with E-state index < -0.39 is 0 Å². The minimum absolute atomic E-state index is 0.301. The van der Waals surface area contributed by atoms with Crippen LogP contribution in [0.15, 0.2) is 0 Å². The van der Waals surface area contributed by atoms with Crippen LogP contribution in [0.1, 0.15) is 46.5 Å². The van der Waals surface area contributed by atoms with Crippen molar-refractivity contribution in [3.8, 4) is 0 Å². The number of nitrogens with one attached hydrogen (secondary N) is 1. The lowest BCUT2D eigenvalue weighted by Gasteiger charge is -2.41. The lowest BCUT2D eigenvalue weighted by Crippen LogP contribution is -2.55. The van der Waals surface area contributed by atoms with E-state index in [-0.39, 0.29) is 0 Å². The highest BCUT2D eigenvalue weighted by Crippen LogP contribution is 2.21. The van der Waals surface area contributed by atoms with Crippen LogP contribution in [0.25, 0.3) is 0 Å². The van der Waals surface area contributed by atoms with Gasteiger partial charge in [0.25, 0.3) is 0 Å². The fourth-order valence-corrected chi connectivity index (χ4v) is 2.62. The van der Waals surface area contributed by atoms with Crippen LogP contribution in [0.5, 0.6) is 0 Å². The molecular weight excluding hydrogens is 212 g/mol. The van der Waals surface area contributed by atoms with Gasteiger partial charge in [0.2, 0.25) is 0 Å². The number of hydrogen-bond acceptors (Lipinski definition) is 3. The molecule has 102 valence electrons.